The van der Waals surface area contributed by atoms with Crippen LogP contribution < -0.4 is 4.72 Å². The number of esters is 1. The maximum Gasteiger partial charge on any atom is 0.341 e. The van der Waals surface area contributed by atoms with Gasteiger partial charge in [0.15, 0.2) is 12.4 Å². The predicted octanol–water partition coefficient (Wildman–Crippen LogP) is 3.07. The molecule has 0 amide bonds. The highest BCUT2D eigenvalue weighted by molar-refractivity contribution is 7.89. The highest BCUT2D eigenvalue weighted by Crippen LogP contribution is 2.22. The molecule has 6 nitrogen and oxygen atoms in total. The van der Waals surface area contributed by atoms with E-state index in [4.69, 9.17) is 4.74 Å². The molecule has 1 N–H and O–H groups in total. The molecule has 0 aromatic heterocycles. The first kappa shape index (κ1) is 21.7. The van der Waals surface area contributed by atoms with Gasteiger partial charge in [0.1, 0.15) is 5.82 Å². The van der Waals surface area contributed by atoms with Crippen molar-refractivity contribution in [2.24, 2.45) is 0 Å². The average molecular weight is 407 g/mol. The third-order valence-electron chi connectivity index (χ3n) is 4.14. The quantitative estimate of drug-likeness (QED) is 0.587. The molecule has 2 rings (SSSR count). The van der Waals surface area contributed by atoms with Gasteiger partial charge in [0.2, 0.25) is 10.0 Å². The minimum atomic E-state index is -3.85. The van der Waals surface area contributed by atoms with Gasteiger partial charge in [-0.05, 0) is 36.2 Å². The number of Topliss-reactive ketones (excluding diaryl/α,β-unsaturated/α-hetero) is 1. The number of sulfonamides is 1. The Labute approximate surface area is 163 Å². The van der Waals surface area contributed by atoms with E-state index < -0.39 is 39.8 Å². The van der Waals surface area contributed by atoms with Crippen LogP contribution in [-0.2, 0) is 20.2 Å². The lowest BCUT2D eigenvalue weighted by atomic mass is 9.86. The Kier molecular flexibility index (Phi) is 6.36. The van der Waals surface area contributed by atoms with Crippen molar-refractivity contribution >= 4 is 21.8 Å². The molecular weight excluding hydrogens is 385 g/mol. The molecule has 0 aliphatic rings. The fraction of sp³-hybridized carbons (Fsp3) is 0.300. The van der Waals surface area contributed by atoms with Crippen molar-refractivity contribution in [1.29, 1.82) is 0 Å². The summed E-state index contributed by atoms with van der Waals surface area (Å²) in [5.74, 6) is -2.51. The molecule has 0 bridgehead atoms. The summed E-state index contributed by atoms with van der Waals surface area (Å²) in [6, 6.07) is 9.66. The molecule has 0 saturated carbocycles. The fourth-order valence-corrected chi connectivity index (χ4v) is 3.15. The van der Waals surface area contributed by atoms with Crippen molar-refractivity contribution < 1.29 is 27.1 Å². The highest BCUT2D eigenvalue weighted by atomic mass is 32.2. The van der Waals surface area contributed by atoms with Crippen molar-refractivity contribution in [2.75, 3.05) is 13.7 Å². The smallest absolute Gasteiger partial charge is 0.341 e. The summed E-state index contributed by atoms with van der Waals surface area (Å²) >= 11 is 0. The van der Waals surface area contributed by atoms with E-state index in [0.717, 1.165) is 23.8 Å². The van der Waals surface area contributed by atoms with Crippen LogP contribution in [0.25, 0.3) is 0 Å². The largest absolute Gasteiger partial charge is 0.454 e. The average Bonchev–Trinajstić information content (AvgIpc) is 2.65. The number of ketones is 1. The molecule has 0 saturated heterocycles. The monoisotopic (exact) mass is 407 g/mol. The maximum absolute atomic E-state index is 13.9. The van der Waals surface area contributed by atoms with Crippen molar-refractivity contribution in [2.45, 2.75) is 31.1 Å². The summed E-state index contributed by atoms with van der Waals surface area (Å²) in [5, 5.41) is 0. The van der Waals surface area contributed by atoms with Gasteiger partial charge >= 0.3 is 5.97 Å². The lowest BCUT2D eigenvalue weighted by Gasteiger charge is -2.18. The van der Waals surface area contributed by atoms with Crippen LogP contribution in [0.2, 0.25) is 0 Å². The second-order valence-electron chi connectivity index (χ2n) is 7.18. The molecule has 0 radical (unpaired) electrons. The van der Waals surface area contributed by atoms with Gasteiger partial charge in [0.25, 0.3) is 0 Å². The van der Waals surface area contributed by atoms with Gasteiger partial charge in [0.05, 0.1) is 10.5 Å². The normalized spacial score (nSPS) is 11.9. The van der Waals surface area contributed by atoms with Gasteiger partial charge in [-0.2, -0.15) is 0 Å². The number of halogens is 1. The Bertz CT molecular complexity index is 992. The Morgan fingerprint density at radius 2 is 1.68 bits per heavy atom. The third kappa shape index (κ3) is 5.02. The van der Waals surface area contributed by atoms with Gasteiger partial charge in [-0.15, -0.1) is 0 Å². The van der Waals surface area contributed by atoms with Gasteiger partial charge in [-0.1, -0.05) is 45.0 Å². The second-order valence-corrected chi connectivity index (χ2v) is 9.06. The molecule has 28 heavy (non-hydrogen) atoms. The van der Waals surface area contributed by atoms with Crippen LogP contribution >= 0.6 is 0 Å². The molecule has 2 aromatic rings. The summed E-state index contributed by atoms with van der Waals surface area (Å²) in [6.45, 7) is 5.55. The summed E-state index contributed by atoms with van der Waals surface area (Å²) in [7, 11) is -2.66. The Morgan fingerprint density at radius 1 is 1.07 bits per heavy atom. The molecule has 0 aliphatic heterocycles. The van der Waals surface area contributed by atoms with E-state index in [1.54, 1.807) is 12.1 Å². The summed E-state index contributed by atoms with van der Waals surface area (Å²) in [6.07, 6.45) is 0. The molecule has 0 fully saturated rings. The highest BCUT2D eigenvalue weighted by Gasteiger charge is 2.20. The van der Waals surface area contributed by atoms with Crippen molar-refractivity contribution in [3.63, 3.8) is 0 Å². The van der Waals surface area contributed by atoms with E-state index >= 15 is 0 Å². The number of nitrogens with one attached hydrogen (secondary N) is 1. The first-order valence-electron chi connectivity index (χ1n) is 8.49. The van der Waals surface area contributed by atoms with Crippen LogP contribution in [0.1, 0.15) is 47.1 Å². The molecule has 0 aliphatic carbocycles. The topological polar surface area (TPSA) is 89.5 Å². The number of rotatable bonds is 6. The zero-order chi connectivity index (χ0) is 21.1. The number of benzene rings is 2. The summed E-state index contributed by atoms with van der Waals surface area (Å²) in [4.78, 5) is 24.1. The number of ether oxygens (including phenoxy) is 1. The van der Waals surface area contributed by atoms with Crippen LogP contribution in [0.3, 0.4) is 0 Å². The number of hydrogen-bond donors (Lipinski definition) is 1. The van der Waals surface area contributed by atoms with Gasteiger partial charge in [-0.3, -0.25) is 4.79 Å². The molecular formula is C20H22FNO5S. The number of carbonyl (C=O) groups is 2. The SMILES string of the molecule is CNS(=O)(=O)c1ccc(F)c(C(=O)OCC(=O)c2ccc(C(C)(C)C)cc2)c1. The lowest BCUT2D eigenvalue weighted by molar-refractivity contribution is 0.0470. The van der Waals surface area contributed by atoms with Crippen molar-refractivity contribution in [3.05, 3.63) is 65.0 Å². The van der Waals surface area contributed by atoms with E-state index in [1.165, 1.54) is 7.05 Å². The number of hydrogen-bond acceptors (Lipinski definition) is 5. The lowest BCUT2D eigenvalue weighted by Crippen LogP contribution is -2.20. The van der Waals surface area contributed by atoms with E-state index in [-0.39, 0.29) is 10.3 Å². The molecule has 150 valence electrons. The molecule has 0 atom stereocenters. The zero-order valence-electron chi connectivity index (χ0n) is 16.1. The molecule has 0 unspecified atom stereocenters. The van der Waals surface area contributed by atoms with Crippen LogP contribution in [0.15, 0.2) is 47.4 Å². The first-order valence-corrected chi connectivity index (χ1v) is 9.98. The molecule has 0 heterocycles. The van der Waals surface area contributed by atoms with Crippen molar-refractivity contribution in [3.8, 4) is 0 Å². The minimum Gasteiger partial charge on any atom is -0.454 e. The maximum atomic E-state index is 13.9. The van der Waals surface area contributed by atoms with Crippen LogP contribution in [-0.4, -0.2) is 33.8 Å². The standard InChI is InChI=1S/C20H22FNO5S/c1-20(2,3)14-7-5-13(6-8-14)18(23)12-27-19(24)16-11-15(9-10-17(16)21)28(25,26)22-4/h5-11,22H,12H2,1-4H3. The van der Waals surface area contributed by atoms with Gasteiger partial charge < -0.3 is 4.74 Å². The van der Waals surface area contributed by atoms with Crippen LogP contribution in [0.5, 0.6) is 0 Å². The Morgan fingerprint density at radius 3 is 2.21 bits per heavy atom. The van der Waals surface area contributed by atoms with Gasteiger partial charge in [-0.25, -0.2) is 22.3 Å². The van der Waals surface area contributed by atoms with E-state index in [1.807, 2.05) is 32.9 Å². The minimum absolute atomic E-state index is 0.0652. The summed E-state index contributed by atoms with van der Waals surface area (Å²) in [5.41, 5.74) is 0.773. The Hall–Kier alpha value is -2.58. The van der Waals surface area contributed by atoms with Crippen LogP contribution in [0, 0.1) is 5.82 Å². The molecule has 0 spiro atoms. The third-order valence-corrected chi connectivity index (χ3v) is 5.56. The molecule has 8 heteroatoms. The fourth-order valence-electron chi connectivity index (χ4n) is 2.39. The predicted molar refractivity (Wildman–Crippen MR) is 102 cm³/mol. The van der Waals surface area contributed by atoms with E-state index in [0.29, 0.717) is 5.56 Å². The summed E-state index contributed by atoms with van der Waals surface area (Å²) < 4.78 is 44.5. The van der Waals surface area contributed by atoms with E-state index in [9.17, 15) is 22.4 Å². The second kappa shape index (κ2) is 8.20. The first-order chi connectivity index (χ1) is 13.0. The molecule has 2 aromatic carbocycles. The number of carbonyl (C=O) groups excluding carboxylic acids is 2. The van der Waals surface area contributed by atoms with Crippen LogP contribution in [0.4, 0.5) is 4.39 Å². The zero-order valence-corrected chi connectivity index (χ0v) is 16.9. The Balaban J connectivity index is 2.12. The van der Waals surface area contributed by atoms with Crippen molar-refractivity contribution in [1.82, 2.24) is 4.72 Å². The van der Waals surface area contributed by atoms with Gasteiger partial charge in [0, 0.05) is 5.56 Å². The van der Waals surface area contributed by atoms with E-state index in [2.05, 4.69) is 4.72 Å².